The van der Waals surface area contributed by atoms with E-state index < -0.39 is 11.9 Å². The monoisotopic (exact) mass is 468 g/mol. The second-order valence-corrected chi connectivity index (χ2v) is 6.97. The molecule has 0 fully saturated rings. The van der Waals surface area contributed by atoms with Gasteiger partial charge in [0.25, 0.3) is 0 Å². The van der Waals surface area contributed by atoms with E-state index >= 15 is 0 Å². The molecule has 0 unspecified atom stereocenters. The first-order valence-corrected chi connectivity index (χ1v) is 9.45. The molecule has 0 aliphatic heterocycles. The molecule has 161 valence electrons. The molecule has 1 radical (unpaired) electrons. The van der Waals surface area contributed by atoms with Crippen molar-refractivity contribution < 1.29 is 41.7 Å². The van der Waals surface area contributed by atoms with Gasteiger partial charge in [-0.1, -0.05) is 24.3 Å². The van der Waals surface area contributed by atoms with Gasteiger partial charge in [-0.05, 0) is 53.1 Å². The first-order valence-electron chi connectivity index (χ1n) is 9.45. The fraction of sp³-hybridized carbons (Fsp3) is 0. The molecular weight excluding hydrogens is 451 g/mol. The Morgan fingerprint density at radius 3 is 1.44 bits per heavy atom. The molecule has 4 aromatic rings. The van der Waals surface area contributed by atoms with Gasteiger partial charge in [0, 0.05) is 27.9 Å². The molecule has 0 amide bonds. The van der Waals surface area contributed by atoms with Gasteiger partial charge in [0.2, 0.25) is 0 Å². The Balaban J connectivity index is 0.00000289. The molecule has 0 saturated carbocycles. The van der Waals surface area contributed by atoms with Crippen LogP contribution in [0.5, 0.6) is 5.75 Å². The number of carboxylic acids is 2. The van der Waals surface area contributed by atoms with Crippen molar-refractivity contribution in [2.75, 3.05) is 0 Å². The Bertz CT molecular complexity index is 1260. The normalized spacial score (nSPS) is 10.2. The van der Waals surface area contributed by atoms with Crippen LogP contribution in [-0.2, 0) is 16.8 Å². The number of rotatable bonds is 5. The van der Waals surface area contributed by atoms with Crippen molar-refractivity contribution in [2.45, 2.75) is 0 Å². The predicted octanol–water partition coefficient (Wildman–Crippen LogP) is 5.59. The van der Waals surface area contributed by atoms with Crippen LogP contribution in [0.15, 0.2) is 84.9 Å². The minimum absolute atomic E-state index is 0. The number of phenolic OH excluding ortho intramolecular Hbond substituents is 1. The molecule has 0 aliphatic carbocycles. The molecule has 0 spiro atoms. The van der Waals surface area contributed by atoms with Crippen LogP contribution in [0.25, 0.3) is 33.4 Å². The van der Waals surface area contributed by atoms with E-state index in [0.29, 0.717) is 16.7 Å². The van der Waals surface area contributed by atoms with E-state index in [1.165, 1.54) is 24.3 Å². The maximum absolute atomic E-state index is 11.2. The number of hydrogen-bond donors (Lipinski definition) is 3. The predicted molar refractivity (Wildman–Crippen MR) is 117 cm³/mol. The van der Waals surface area contributed by atoms with Crippen molar-refractivity contribution in [1.82, 2.24) is 0 Å². The Hall–Kier alpha value is -3.87. The summed E-state index contributed by atoms with van der Waals surface area (Å²) in [4.78, 5) is 22.3. The number of carbonyl (C=O) groups is 2. The molecule has 0 atom stereocenters. The SMILES string of the molecule is O=C(O)c1ccc(-c2cc(-c3cc[c-]cc3)c(O)c(-c3ccc(C(=O)O)cc3)c2)cc1.[Co]. The molecule has 5 nitrogen and oxygen atoms in total. The summed E-state index contributed by atoms with van der Waals surface area (Å²) in [7, 11) is 0. The summed E-state index contributed by atoms with van der Waals surface area (Å²) in [5.74, 6) is -1.96. The summed E-state index contributed by atoms with van der Waals surface area (Å²) in [6.45, 7) is 0. The van der Waals surface area contributed by atoms with Gasteiger partial charge in [-0.3, -0.25) is 0 Å². The van der Waals surface area contributed by atoms with Crippen LogP contribution in [0.1, 0.15) is 20.7 Å². The molecule has 32 heavy (non-hydrogen) atoms. The minimum atomic E-state index is -1.02. The van der Waals surface area contributed by atoms with E-state index in [-0.39, 0.29) is 33.7 Å². The first-order chi connectivity index (χ1) is 14.9. The first kappa shape index (κ1) is 22.8. The van der Waals surface area contributed by atoms with E-state index in [2.05, 4.69) is 6.07 Å². The molecule has 6 heteroatoms. The molecule has 0 aromatic heterocycles. The number of benzene rings is 4. The summed E-state index contributed by atoms with van der Waals surface area (Å²) >= 11 is 0. The van der Waals surface area contributed by atoms with E-state index in [9.17, 15) is 14.7 Å². The maximum atomic E-state index is 11.2. The van der Waals surface area contributed by atoms with Crippen LogP contribution in [0.4, 0.5) is 0 Å². The van der Waals surface area contributed by atoms with Crippen molar-refractivity contribution in [3.8, 4) is 39.1 Å². The zero-order chi connectivity index (χ0) is 22.0. The second-order valence-electron chi connectivity index (χ2n) is 6.97. The molecule has 3 N–H and O–H groups in total. The van der Waals surface area contributed by atoms with Gasteiger partial charge in [0.1, 0.15) is 5.75 Å². The summed E-state index contributed by atoms with van der Waals surface area (Å²) in [6.07, 6.45) is 0. The minimum Gasteiger partial charge on any atom is -0.507 e. The van der Waals surface area contributed by atoms with E-state index in [0.717, 1.165) is 16.7 Å². The molecular formula is C26H17CoO5-. The Labute approximate surface area is 194 Å². The standard InChI is InChI=1S/C26H17O5.Co/c27-24-22(17-4-2-1-3-5-17)14-21(16-6-10-19(11-7-16)25(28)29)15-23(24)18-8-12-20(13-9-18)26(30)31;/h2-15,27H,(H,28,29)(H,30,31);/q-1;. The average Bonchev–Trinajstić information content (AvgIpc) is 2.80. The summed E-state index contributed by atoms with van der Waals surface area (Å²) in [5.41, 5.74) is 4.52. The average molecular weight is 468 g/mol. The fourth-order valence-electron chi connectivity index (χ4n) is 3.41. The van der Waals surface area contributed by atoms with E-state index in [1.54, 1.807) is 42.5 Å². The molecule has 4 aromatic carbocycles. The van der Waals surface area contributed by atoms with Crippen LogP contribution >= 0.6 is 0 Å². The summed E-state index contributed by atoms with van der Waals surface area (Å²) < 4.78 is 0. The van der Waals surface area contributed by atoms with Gasteiger partial charge in [-0.2, -0.15) is 30.3 Å². The zero-order valence-corrected chi connectivity index (χ0v) is 17.6. The third-order valence-corrected chi connectivity index (χ3v) is 5.05. The van der Waals surface area contributed by atoms with Crippen molar-refractivity contribution in [3.63, 3.8) is 0 Å². The van der Waals surface area contributed by atoms with Crippen LogP contribution in [0, 0.1) is 6.07 Å². The second kappa shape index (κ2) is 9.51. The van der Waals surface area contributed by atoms with Gasteiger partial charge < -0.3 is 15.3 Å². The fourth-order valence-corrected chi connectivity index (χ4v) is 3.41. The largest absolute Gasteiger partial charge is 0.507 e. The van der Waals surface area contributed by atoms with Gasteiger partial charge >= 0.3 is 11.9 Å². The van der Waals surface area contributed by atoms with Gasteiger partial charge in [-0.25, -0.2) is 9.59 Å². The molecule has 0 bridgehead atoms. The molecule has 0 aliphatic rings. The third-order valence-electron chi connectivity index (χ3n) is 5.05. The van der Waals surface area contributed by atoms with Crippen molar-refractivity contribution in [3.05, 3.63) is 102 Å². The van der Waals surface area contributed by atoms with Crippen molar-refractivity contribution >= 4 is 11.9 Å². The number of hydrogen-bond acceptors (Lipinski definition) is 3. The van der Waals surface area contributed by atoms with Gasteiger partial charge in [0.15, 0.2) is 0 Å². The van der Waals surface area contributed by atoms with E-state index in [1.807, 2.05) is 18.2 Å². The number of phenols is 1. The van der Waals surface area contributed by atoms with Crippen LogP contribution in [-0.4, -0.2) is 27.3 Å². The summed E-state index contributed by atoms with van der Waals surface area (Å²) in [6, 6.07) is 26.6. The Morgan fingerprint density at radius 1 is 0.594 bits per heavy atom. The van der Waals surface area contributed by atoms with Crippen LogP contribution < -0.4 is 0 Å². The molecule has 4 rings (SSSR count). The smallest absolute Gasteiger partial charge is 0.335 e. The molecule has 0 heterocycles. The van der Waals surface area contributed by atoms with Crippen LogP contribution in [0.2, 0.25) is 0 Å². The van der Waals surface area contributed by atoms with E-state index in [4.69, 9.17) is 10.2 Å². The van der Waals surface area contributed by atoms with Crippen LogP contribution in [0.3, 0.4) is 0 Å². The van der Waals surface area contributed by atoms with Gasteiger partial charge in [-0.15, -0.1) is 5.56 Å². The topological polar surface area (TPSA) is 94.8 Å². The Morgan fingerprint density at radius 2 is 1.00 bits per heavy atom. The number of aromatic carboxylic acids is 2. The Kier molecular flexibility index (Phi) is 6.78. The summed E-state index contributed by atoms with van der Waals surface area (Å²) in [5, 5.41) is 29.4. The number of carboxylic acid groups (broad SMARTS) is 2. The quantitative estimate of drug-likeness (QED) is 0.332. The van der Waals surface area contributed by atoms with Crippen molar-refractivity contribution in [2.24, 2.45) is 0 Å². The maximum Gasteiger partial charge on any atom is 0.335 e. The molecule has 0 saturated heterocycles. The zero-order valence-electron chi connectivity index (χ0n) is 16.6. The van der Waals surface area contributed by atoms with Crippen molar-refractivity contribution in [1.29, 1.82) is 0 Å². The van der Waals surface area contributed by atoms with Gasteiger partial charge in [0.05, 0.1) is 11.1 Å². The number of aromatic hydroxyl groups is 1. The third kappa shape index (κ3) is 4.56.